The minimum atomic E-state index is -0.723. The third kappa shape index (κ3) is 5.51. The fraction of sp³-hybridized carbons (Fsp3) is 0.875. The minimum absolute atomic E-state index is 0.0858. The Morgan fingerprint density at radius 2 is 1.80 bits per heavy atom. The summed E-state index contributed by atoms with van der Waals surface area (Å²) >= 11 is 0. The van der Waals surface area contributed by atoms with E-state index in [0.29, 0.717) is 5.92 Å². The van der Waals surface area contributed by atoms with Gasteiger partial charge in [0.25, 0.3) is 0 Å². The first-order valence-corrected chi connectivity index (χ1v) is 7.96. The highest BCUT2D eigenvalue weighted by Crippen LogP contribution is 2.46. The number of hydrogen-bond donors (Lipinski definition) is 2. The molecular formula is C16H29NO3. The third-order valence-corrected chi connectivity index (χ3v) is 4.19. The molecule has 0 aromatic rings. The van der Waals surface area contributed by atoms with Gasteiger partial charge in [0.1, 0.15) is 0 Å². The first kappa shape index (κ1) is 17.0. The Bertz CT molecular complexity index is 322. The summed E-state index contributed by atoms with van der Waals surface area (Å²) in [6, 6.07) is 0. The molecule has 1 fully saturated rings. The number of amides is 1. The molecule has 0 aliphatic heterocycles. The van der Waals surface area contributed by atoms with Crippen molar-refractivity contribution in [2.24, 2.45) is 11.3 Å². The van der Waals surface area contributed by atoms with Gasteiger partial charge < -0.3 is 10.4 Å². The number of unbranched alkanes of at least 4 members (excludes halogenated alkanes) is 3. The second-order valence-corrected chi connectivity index (χ2v) is 6.55. The zero-order chi connectivity index (χ0) is 15.0. The summed E-state index contributed by atoms with van der Waals surface area (Å²) in [6.07, 6.45) is 8.11. The summed E-state index contributed by atoms with van der Waals surface area (Å²) in [7, 11) is 0. The molecule has 4 heteroatoms. The molecule has 0 radical (unpaired) electrons. The quantitative estimate of drug-likeness (QED) is 0.604. The third-order valence-electron chi connectivity index (χ3n) is 4.19. The fourth-order valence-corrected chi connectivity index (χ4v) is 3.05. The Labute approximate surface area is 122 Å². The van der Waals surface area contributed by atoms with E-state index in [1.54, 1.807) is 0 Å². The van der Waals surface area contributed by atoms with E-state index in [1.807, 2.05) is 0 Å². The maximum atomic E-state index is 12.3. The van der Waals surface area contributed by atoms with Crippen LogP contribution in [0.5, 0.6) is 0 Å². The van der Waals surface area contributed by atoms with E-state index in [-0.39, 0.29) is 17.7 Å². The predicted octanol–water partition coefficient (Wildman–Crippen LogP) is 3.35. The summed E-state index contributed by atoms with van der Waals surface area (Å²) in [5.41, 5.74) is -0.0858. The highest BCUT2D eigenvalue weighted by molar-refractivity contribution is 5.83. The average molecular weight is 283 g/mol. The first-order valence-electron chi connectivity index (χ1n) is 7.96. The molecule has 1 saturated carbocycles. The number of carboxylic acids is 1. The molecule has 2 N–H and O–H groups in total. The van der Waals surface area contributed by atoms with Crippen molar-refractivity contribution in [3.8, 4) is 0 Å². The van der Waals surface area contributed by atoms with E-state index in [9.17, 15) is 9.59 Å². The number of aliphatic carboxylic acids is 1. The molecule has 0 aromatic heterocycles. The van der Waals surface area contributed by atoms with Crippen LogP contribution >= 0.6 is 0 Å². The molecule has 4 nitrogen and oxygen atoms in total. The number of rotatable bonds is 10. The maximum absolute atomic E-state index is 12.3. The van der Waals surface area contributed by atoms with E-state index < -0.39 is 5.97 Å². The van der Waals surface area contributed by atoms with Crippen LogP contribution in [0.2, 0.25) is 0 Å². The Morgan fingerprint density at radius 3 is 2.30 bits per heavy atom. The monoisotopic (exact) mass is 283 g/mol. The highest BCUT2D eigenvalue weighted by atomic mass is 16.4. The Hall–Kier alpha value is -1.06. The lowest BCUT2D eigenvalue weighted by Crippen LogP contribution is -2.46. The second kappa shape index (κ2) is 8.28. The van der Waals surface area contributed by atoms with Crippen LogP contribution in [-0.2, 0) is 9.59 Å². The summed E-state index contributed by atoms with van der Waals surface area (Å²) in [6.45, 7) is 5.08. The summed E-state index contributed by atoms with van der Waals surface area (Å²) in [5.74, 6) is 0.0824. The Balaban J connectivity index is 2.11. The van der Waals surface area contributed by atoms with Gasteiger partial charge in [-0.1, -0.05) is 33.1 Å². The average Bonchev–Trinajstić information content (AvgIpc) is 2.31. The van der Waals surface area contributed by atoms with Gasteiger partial charge in [-0.3, -0.25) is 9.59 Å². The molecule has 0 heterocycles. The highest BCUT2D eigenvalue weighted by Gasteiger charge is 2.43. The lowest BCUT2D eigenvalue weighted by molar-refractivity contribution is -0.138. The van der Waals surface area contributed by atoms with Crippen molar-refractivity contribution in [2.75, 3.05) is 6.54 Å². The van der Waals surface area contributed by atoms with Crippen molar-refractivity contribution < 1.29 is 14.7 Å². The van der Waals surface area contributed by atoms with Gasteiger partial charge in [0, 0.05) is 18.4 Å². The predicted molar refractivity (Wildman–Crippen MR) is 79.5 cm³/mol. The van der Waals surface area contributed by atoms with Gasteiger partial charge in [-0.15, -0.1) is 0 Å². The van der Waals surface area contributed by atoms with Crippen LogP contribution in [-0.4, -0.2) is 23.5 Å². The number of hydrogen-bond acceptors (Lipinski definition) is 2. The lowest BCUT2D eigenvalue weighted by Gasteiger charge is -2.41. The number of nitrogens with one attached hydrogen (secondary N) is 1. The smallest absolute Gasteiger partial charge is 0.303 e. The lowest BCUT2D eigenvalue weighted by atomic mass is 9.64. The molecule has 0 saturated heterocycles. The summed E-state index contributed by atoms with van der Waals surface area (Å²) < 4.78 is 0. The SMILES string of the molecule is CC(C)CC1(C(=O)NCCCCCCC(=O)O)CCC1. The van der Waals surface area contributed by atoms with Gasteiger partial charge >= 0.3 is 5.97 Å². The van der Waals surface area contributed by atoms with Crippen LogP contribution < -0.4 is 5.32 Å². The normalized spacial score (nSPS) is 16.8. The van der Waals surface area contributed by atoms with E-state index in [0.717, 1.165) is 51.5 Å². The fourth-order valence-electron chi connectivity index (χ4n) is 3.05. The Morgan fingerprint density at radius 1 is 1.15 bits per heavy atom. The van der Waals surface area contributed by atoms with Crippen LogP contribution in [0, 0.1) is 11.3 Å². The van der Waals surface area contributed by atoms with Crippen molar-refractivity contribution in [2.45, 2.75) is 71.6 Å². The van der Waals surface area contributed by atoms with Gasteiger partial charge in [-0.25, -0.2) is 0 Å². The van der Waals surface area contributed by atoms with Crippen LogP contribution in [0.25, 0.3) is 0 Å². The molecule has 1 amide bonds. The van der Waals surface area contributed by atoms with Gasteiger partial charge in [-0.05, 0) is 38.0 Å². The van der Waals surface area contributed by atoms with Gasteiger partial charge in [0.2, 0.25) is 5.91 Å². The van der Waals surface area contributed by atoms with Gasteiger partial charge in [-0.2, -0.15) is 0 Å². The largest absolute Gasteiger partial charge is 0.481 e. The summed E-state index contributed by atoms with van der Waals surface area (Å²) in [5, 5.41) is 11.6. The molecular weight excluding hydrogens is 254 g/mol. The van der Waals surface area contributed by atoms with Crippen molar-refractivity contribution in [3.63, 3.8) is 0 Å². The molecule has 0 unspecified atom stereocenters. The van der Waals surface area contributed by atoms with Gasteiger partial charge in [0.15, 0.2) is 0 Å². The molecule has 0 aromatic carbocycles. The van der Waals surface area contributed by atoms with Crippen LogP contribution in [0.3, 0.4) is 0 Å². The van der Waals surface area contributed by atoms with Crippen molar-refractivity contribution in [3.05, 3.63) is 0 Å². The minimum Gasteiger partial charge on any atom is -0.481 e. The van der Waals surface area contributed by atoms with Crippen LogP contribution in [0.4, 0.5) is 0 Å². The van der Waals surface area contributed by atoms with E-state index in [4.69, 9.17) is 5.11 Å². The number of carboxylic acid groups (broad SMARTS) is 1. The molecule has 1 rings (SSSR count). The molecule has 1 aliphatic rings. The Kier molecular flexibility index (Phi) is 7.03. The van der Waals surface area contributed by atoms with E-state index >= 15 is 0 Å². The second-order valence-electron chi connectivity index (χ2n) is 6.55. The summed E-state index contributed by atoms with van der Waals surface area (Å²) in [4.78, 5) is 22.6. The molecule has 0 atom stereocenters. The number of carbonyl (C=O) groups excluding carboxylic acids is 1. The van der Waals surface area contributed by atoms with Gasteiger partial charge in [0.05, 0.1) is 0 Å². The zero-order valence-electron chi connectivity index (χ0n) is 12.9. The van der Waals surface area contributed by atoms with Crippen LogP contribution in [0.15, 0.2) is 0 Å². The van der Waals surface area contributed by atoms with Crippen molar-refractivity contribution in [1.29, 1.82) is 0 Å². The molecule has 0 spiro atoms. The van der Waals surface area contributed by atoms with Crippen molar-refractivity contribution >= 4 is 11.9 Å². The molecule has 116 valence electrons. The van der Waals surface area contributed by atoms with Crippen molar-refractivity contribution in [1.82, 2.24) is 5.32 Å². The number of carbonyl (C=O) groups is 2. The van der Waals surface area contributed by atoms with Crippen LogP contribution in [0.1, 0.15) is 71.6 Å². The van der Waals surface area contributed by atoms with E-state index in [1.165, 1.54) is 6.42 Å². The zero-order valence-corrected chi connectivity index (χ0v) is 12.9. The molecule has 20 heavy (non-hydrogen) atoms. The van der Waals surface area contributed by atoms with E-state index in [2.05, 4.69) is 19.2 Å². The first-order chi connectivity index (χ1) is 9.46. The molecule has 0 bridgehead atoms. The topological polar surface area (TPSA) is 66.4 Å². The maximum Gasteiger partial charge on any atom is 0.303 e. The molecule has 1 aliphatic carbocycles. The standard InChI is InChI=1S/C16H29NO3/c1-13(2)12-16(9-7-10-16)15(20)17-11-6-4-3-5-8-14(18)19/h13H,3-12H2,1-2H3,(H,17,20)(H,18,19).